The van der Waals surface area contributed by atoms with Crippen LogP contribution in [-0.4, -0.2) is 26.0 Å². The summed E-state index contributed by atoms with van der Waals surface area (Å²) >= 11 is 0. The molecular formula is C19H18O5. The Morgan fingerprint density at radius 3 is 2.33 bits per heavy atom. The summed E-state index contributed by atoms with van der Waals surface area (Å²) in [5.41, 5.74) is 1.11. The third-order valence-corrected chi connectivity index (χ3v) is 3.23. The van der Waals surface area contributed by atoms with Crippen LogP contribution in [-0.2, 0) is 4.79 Å². The van der Waals surface area contributed by atoms with E-state index in [1.807, 2.05) is 24.3 Å². The molecule has 0 aromatic heterocycles. The van der Waals surface area contributed by atoms with Crippen molar-refractivity contribution in [2.75, 3.05) is 14.2 Å². The van der Waals surface area contributed by atoms with E-state index in [2.05, 4.69) is 0 Å². The zero-order valence-electron chi connectivity index (χ0n) is 13.7. The molecule has 0 aliphatic carbocycles. The molecule has 0 bridgehead atoms. The second kappa shape index (κ2) is 7.97. The normalized spacial score (nSPS) is 10.5. The summed E-state index contributed by atoms with van der Waals surface area (Å²) in [7, 11) is 3.08. The highest BCUT2D eigenvalue weighted by molar-refractivity contribution is 6.09. The van der Waals surface area contributed by atoms with Gasteiger partial charge in [0.05, 0.1) is 19.8 Å². The molecular weight excluding hydrogens is 308 g/mol. The molecule has 0 fully saturated rings. The zero-order chi connectivity index (χ0) is 17.5. The number of carbonyl (C=O) groups is 2. The molecule has 0 aliphatic rings. The first-order valence-electron chi connectivity index (χ1n) is 7.26. The number of ketones is 1. The smallest absolute Gasteiger partial charge is 0.308 e. The maximum atomic E-state index is 12.4. The van der Waals surface area contributed by atoms with E-state index in [1.54, 1.807) is 25.3 Å². The van der Waals surface area contributed by atoms with Crippen molar-refractivity contribution in [2.24, 2.45) is 0 Å². The summed E-state index contributed by atoms with van der Waals surface area (Å²) in [5.74, 6) is 0.585. The molecule has 5 heteroatoms. The SMILES string of the molecule is COc1cccc(/C=C/C(=O)c2ccc(OC)cc2OC(C)=O)c1. The van der Waals surface area contributed by atoms with E-state index in [4.69, 9.17) is 14.2 Å². The van der Waals surface area contributed by atoms with Crippen LogP contribution in [0.2, 0.25) is 0 Å². The molecule has 2 aromatic rings. The molecule has 5 nitrogen and oxygen atoms in total. The van der Waals surface area contributed by atoms with Gasteiger partial charge in [0.1, 0.15) is 17.2 Å². The maximum Gasteiger partial charge on any atom is 0.308 e. The Labute approximate surface area is 140 Å². The molecule has 0 saturated carbocycles. The summed E-state index contributed by atoms with van der Waals surface area (Å²) in [6.45, 7) is 1.28. The first-order valence-corrected chi connectivity index (χ1v) is 7.26. The average Bonchev–Trinajstić information content (AvgIpc) is 2.59. The van der Waals surface area contributed by atoms with Gasteiger partial charge in [-0.25, -0.2) is 0 Å². The predicted molar refractivity (Wildman–Crippen MR) is 90.7 cm³/mol. The van der Waals surface area contributed by atoms with Gasteiger partial charge in [-0.15, -0.1) is 0 Å². The molecule has 0 N–H and O–H groups in total. The molecule has 2 aromatic carbocycles. The molecule has 0 unspecified atom stereocenters. The summed E-state index contributed by atoms with van der Waals surface area (Å²) in [6, 6.07) is 12.0. The number of benzene rings is 2. The van der Waals surface area contributed by atoms with Crippen LogP contribution >= 0.6 is 0 Å². The number of esters is 1. The lowest BCUT2D eigenvalue weighted by Gasteiger charge is -2.08. The second-order valence-corrected chi connectivity index (χ2v) is 4.93. The third kappa shape index (κ3) is 4.46. The van der Waals surface area contributed by atoms with Gasteiger partial charge in [0.15, 0.2) is 5.78 Å². The van der Waals surface area contributed by atoms with Gasteiger partial charge in [-0.1, -0.05) is 18.2 Å². The van der Waals surface area contributed by atoms with Gasteiger partial charge >= 0.3 is 5.97 Å². The van der Waals surface area contributed by atoms with Crippen molar-refractivity contribution in [3.05, 3.63) is 59.7 Å². The van der Waals surface area contributed by atoms with Crippen molar-refractivity contribution in [2.45, 2.75) is 6.92 Å². The Bertz CT molecular complexity index is 777. The van der Waals surface area contributed by atoms with Gasteiger partial charge in [-0.05, 0) is 35.9 Å². The van der Waals surface area contributed by atoms with Gasteiger partial charge in [0.2, 0.25) is 0 Å². The van der Waals surface area contributed by atoms with E-state index < -0.39 is 5.97 Å². The van der Waals surface area contributed by atoms with Crippen molar-refractivity contribution in [3.8, 4) is 17.2 Å². The van der Waals surface area contributed by atoms with E-state index in [9.17, 15) is 9.59 Å². The Kier molecular flexibility index (Phi) is 5.73. The number of carbonyl (C=O) groups excluding carboxylic acids is 2. The van der Waals surface area contributed by atoms with E-state index in [0.29, 0.717) is 11.5 Å². The average molecular weight is 326 g/mol. The minimum atomic E-state index is -0.505. The molecule has 0 spiro atoms. The number of rotatable bonds is 6. The first kappa shape index (κ1) is 17.3. The minimum Gasteiger partial charge on any atom is -0.497 e. The second-order valence-electron chi connectivity index (χ2n) is 4.93. The van der Waals surface area contributed by atoms with Crippen LogP contribution in [0.1, 0.15) is 22.8 Å². The lowest BCUT2D eigenvalue weighted by Crippen LogP contribution is -2.07. The van der Waals surface area contributed by atoms with Crippen LogP contribution in [0.3, 0.4) is 0 Å². The largest absolute Gasteiger partial charge is 0.497 e. The Balaban J connectivity index is 2.27. The first-order chi connectivity index (χ1) is 11.5. The van der Waals surface area contributed by atoms with Gasteiger partial charge < -0.3 is 14.2 Å². The molecule has 24 heavy (non-hydrogen) atoms. The van der Waals surface area contributed by atoms with Crippen molar-refractivity contribution < 1.29 is 23.8 Å². The van der Waals surface area contributed by atoms with Crippen LogP contribution in [0, 0.1) is 0 Å². The molecule has 124 valence electrons. The highest BCUT2D eigenvalue weighted by Crippen LogP contribution is 2.26. The van der Waals surface area contributed by atoms with E-state index in [1.165, 1.54) is 26.2 Å². The van der Waals surface area contributed by atoms with Crippen LogP contribution in [0.15, 0.2) is 48.5 Å². The highest BCUT2D eigenvalue weighted by atomic mass is 16.5. The van der Waals surface area contributed by atoms with Crippen molar-refractivity contribution in [1.82, 2.24) is 0 Å². The van der Waals surface area contributed by atoms with Crippen LogP contribution in [0.4, 0.5) is 0 Å². The topological polar surface area (TPSA) is 61.8 Å². The fourth-order valence-corrected chi connectivity index (χ4v) is 2.08. The Morgan fingerprint density at radius 2 is 1.67 bits per heavy atom. The van der Waals surface area contributed by atoms with Crippen molar-refractivity contribution in [3.63, 3.8) is 0 Å². The van der Waals surface area contributed by atoms with Crippen LogP contribution < -0.4 is 14.2 Å². The Hall–Kier alpha value is -3.08. The predicted octanol–water partition coefficient (Wildman–Crippen LogP) is 3.53. The Morgan fingerprint density at radius 1 is 0.958 bits per heavy atom. The molecule has 2 rings (SSSR count). The lowest BCUT2D eigenvalue weighted by atomic mass is 10.1. The highest BCUT2D eigenvalue weighted by Gasteiger charge is 2.13. The number of hydrogen-bond donors (Lipinski definition) is 0. The quantitative estimate of drug-likeness (QED) is 0.352. The number of methoxy groups -OCH3 is 2. The van der Waals surface area contributed by atoms with E-state index >= 15 is 0 Å². The summed E-state index contributed by atoms with van der Waals surface area (Å²) in [5, 5.41) is 0. The van der Waals surface area contributed by atoms with Crippen LogP contribution in [0.25, 0.3) is 6.08 Å². The molecule has 0 amide bonds. The summed E-state index contributed by atoms with van der Waals surface area (Å²) < 4.78 is 15.3. The molecule has 0 saturated heterocycles. The fraction of sp³-hybridized carbons (Fsp3) is 0.158. The molecule has 0 aliphatic heterocycles. The van der Waals surface area contributed by atoms with Crippen LogP contribution in [0.5, 0.6) is 17.2 Å². The standard InChI is InChI=1S/C19H18O5/c1-13(20)24-19-12-16(23-3)8-9-17(19)18(21)10-7-14-5-4-6-15(11-14)22-2/h4-12H,1-3H3/b10-7+. The lowest BCUT2D eigenvalue weighted by molar-refractivity contribution is -0.131. The monoisotopic (exact) mass is 326 g/mol. The molecule has 0 heterocycles. The maximum absolute atomic E-state index is 12.4. The van der Waals surface area contributed by atoms with Gasteiger partial charge in [0.25, 0.3) is 0 Å². The number of hydrogen-bond acceptors (Lipinski definition) is 5. The molecule has 0 atom stereocenters. The summed E-state index contributed by atoms with van der Waals surface area (Å²) in [6.07, 6.45) is 3.09. The molecule has 0 radical (unpaired) electrons. The summed E-state index contributed by atoms with van der Waals surface area (Å²) in [4.78, 5) is 23.7. The minimum absolute atomic E-state index is 0.169. The van der Waals surface area contributed by atoms with Gasteiger partial charge in [0, 0.05) is 13.0 Å². The van der Waals surface area contributed by atoms with Crippen molar-refractivity contribution >= 4 is 17.8 Å². The zero-order valence-corrected chi connectivity index (χ0v) is 13.7. The van der Waals surface area contributed by atoms with E-state index in [0.717, 1.165) is 5.56 Å². The third-order valence-electron chi connectivity index (χ3n) is 3.23. The van der Waals surface area contributed by atoms with Gasteiger partial charge in [-0.3, -0.25) is 9.59 Å². The number of allylic oxidation sites excluding steroid dienone is 1. The number of ether oxygens (including phenoxy) is 3. The van der Waals surface area contributed by atoms with E-state index in [-0.39, 0.29) is 17.1 Å². The van der Waals surface area contributed by atoms with Gasteiger partial charge in [-0.2, -0.15) is 0 Å². The fourth-order valence-electron chi connectivity index (χ4n) is 2.08. The van der Waals surface area contributed by atoms with Crippen molar-refractivity contribution in [1.29, 1.82) is 0 Å².